The summed E-state index contributed by atoms with van der Waals surface area (Å²) >= 11 is 0. The lowest BCUT2D eigenvalue weighted by Crippen LogP contribution is -2.07. The van der Waals surface area contributed by atoms with Gasteiger partial charge in [0.15, 0.2) is 0 Å². The molecule has 0 saturated carbocycles. The van der Waals surface area contributed by atoms with Crippen molar-refractivity contribution >= 4 is 31.7 Å². The van der Waals surface area contributed by atoms with Crippen LogP contribution >= 0.6 is 10.7 Å². The fraction of sp³-hybridized carbons (Fsp3) is 0.273. The van der Waals surface area contributed by atoms with Gasteiger partial charge in [0.2, 0.25) is 0 Å². The Morgan fingerprint density at radius 3 is 2.40 bits per heavy atom. The summed E-state index contributed by atoms with van der Waals surface area (Å²) in [5.41, 5.74) is -0.359. The van der Waals surface area contributed by atoms with E-state index in [2.05, 4.69) is 0 Å². The van der Waals surface area contributed by atoms with Crippen molar-refractivity contribution in [2.75, 3.05) is 6.61 Å². The van der Waals surface area contributed by atoms with Gasteiger partial charge in [-0.2, -0.15) is 0 Å². The molecule has 0 aliphatic carbocycles. The van der Waals surface area contributed by atoms with Crippen LogP contribution in [0.25, 0.3) is 0 Å². The molecule has 1 aromatic rings. The Labute approximate surface area is 119 Å². The second-order valence-corrected chi connectivity index (χ2v) is 6.31. The third-order valence-corrected chi connectivity index (χ3v) is 3.61. The van der Waals surface area contributed by atoms with E-state index in [0.717, 1.165) is 12.1 Å². The van der Waals surface area contributed by atoms with E-state index >= 15 is 0 Å². The molecular weight excluding hydrogens is 312 g/mol. The molecule has 1 rings (SSSR count). The summed E-state index contributed by atoms with van der Waals surface area (Å²) in [4.78, 5) is 21.0. The lowest BCUT2D eigenvalue weighted by Gasteiger charge is -2.09. The van der Waals surface area contributed by atoms with Crippen LogP contribution in [-0.4, -0.2) is 37.2 Å². The highest BCUT2D eigenvalue weighted by atomic mass is 35.7. The van der Waals surface area contributed by atoms with Gasteiger partial charge in [0.25, 0.3) is 9.05 Å². The van der Waals surface area contributed by atoms with Crippen LogP contribution < -0.4 is 4.74 Å². The van der Waals surface area contributed by atoms with Gasteiger partial charge in [0, 0.05) is 17.1 Å². The predicted molar refractivity (Wildman–Crippen MR) is 68.8 cm³/mol. The molecule has 0 aliphatic heterocycles. The molecule has 0 fully saturated rings. The maximum absolute atomic E-state index is 11.1. The number of aromatic carboxylic acids is 1. The first-order valence-corrected chi connectivity index (χ1v) is 7.69. The molecular formula is C11H11ClO7S. The molecule has 2 N–H and O–H groups in total. The van der Waals surface area contributed by atoms with Gasteiger partial charge in [0.05, 0.1) is 11.5 Å². The van der Waals surface area contributed by atoms with Gasteiger partial charge in [-0.15, -0.1) is 0 Å². The number of aliphatic carboxylic acids is 1. The summed E-state index contributed by atoms with van der Waals surface area (Å²) in [5.74, 6) is -2.41. The number of hydrogen-bond donors (Lipinski definition) is 2. The van der Waals surface area contributed by atoms with Crippen LogP contribution in [0.15, 0.2) is 23.1 Å². The van der Waals surface area contributed by atoms with Crippen molar-refractivity contribution in [3.63, 3.8) is 0 Å². The molecule has 1 aromatic carbocycles. The third-order valence-electron chi connectivity index (χ3n) is 2.26. The van der Waals surface area contributed by atoms with Crippen LogP contribution in [-0.2, 0) is 13.8 Å². The predicted octanol–water partition coefficient (Wildman–Crippen LogP) is 1.56. The Morgan fingerprint density at radius 2 is 1.90 bits per heavy atom. The molecule has 0 radical (unpaired) electrons. The van der Waals surface area contributed by atoms with Crippen molar-refractivity contribution in [2.45, 2.75) is 17.7 Å². The molecule has 9 heteroatoms. The van der Waals surface area contributed by atoms with Crippen molar-refractivity contribution in [3.05, 3.63) is 23.8 Å². The van der Waals surface area contributed by atoms with Crippen molar-refractivity contribution in [3.8, 4) is 5.75 Å². The van der Waals surface area contributed by atoms with Gasteiger partial charge in [-0.1, -0.05) is 0 Å². The number of carbonyl (C=O) groups is 2. The first-order valence-electron chi connectivity index (χ1n) is 5.38. The molecule has 0 spiro atoms. The molecule has 0 amide bonds. The molecule has 0 aliphatic rings. The van der Waals surface area contributed by atoms with Crippen molar-refractivity contribution in [1.29, 1.82) is 0 Å². The van der Waals surface area contributed by atoms with Crippen LogP contribution in [0.3, 0.4) is 0 Å². The van der Waals surface area contributed by atoms with Gasteiger partial charge in [0.1, 0.15) is 11.3 Å². The van der Waals surface area contributed by atoms with Crippen molar-refractivity contribution in [2.24, 2.45) is 0 Å². The molecule has 0 atom stereocenters. The Kier molecular flexibility index (Phi) is 5.34. The van der Waals surface area contributed by atoms with E-state index in [0.29, 0.717) is 0 Å². The van der Waals surface area contributed by atoms with Crippen LogP contribution in [0.4, 0.5) is 0 Å². The average Bonchev–Trinajstić information content (AvgIpc) is 2.33. The Hall–Kier alpha value is -1.80. The second kappa shape index (κ2) is 6.58. The Bertz CT molecular complexity index is 624. The molecule has 0 aromatic heterocycles. The zero-order chi connectivity index (χ0) is 15.3. The summed E-state index contributed by atoms with van der Waals surface area (Å²) in [5, 5.41) is 17.4. The lowest BCUT2D eigenvalue weighted by atomic mass is 10.2. The molecule has 20 heavy (non-hydrogen) atoms. The number of ether oxygens (including phenoxy) is 1. The number of benzene rings is 1. The lowest BCUT2D eigenvalue weighted by molar-refractivity contribution is -0.137. The number of carboxylic acid groups (broad SMARTS) is 2. The van der Waals surface area contributed by atoms with Crippen LogP contribution in [0.1, 0.15) is 23.2 Å². The first-order chi connectivity index (χ1) is 9.21. The third kappa shape index (κ3) is 4.71. The van der Waals surface area contributed by atoms with E-state index in [4.69, 9.17) is 25.6 Å². The van der Waals surface area contributed by atoms with E-state index < -0.39 is 21.0 Å². The van der Waals surface area contributed by atoms with E-state index in [1.54, 1.807) is 0 Å². The highest BCUT2D eigenvalue weighted by molar-refractivity contribution is 8.13. The fourth-order valence-electron chi connectivity index (χ4n) is 1.36. The topological polar surface area (TPSA) is 118 Å². The van der Waals surface area contributed by atoms with Gasteiger partial charge in [-0.05, 0) is 24.6 Å². The molecule has 110 valence electrons. The van der Waals surface area contributed by atoms with E-state index in [1.165, 1.54) is 6.07 Å². The summed E-state index contributed by atoms with van der Waals surface area (Å²) in [7, 11) is 1.09. The quantitative estimate of drug-likeness (QED) is 0.577. The molecule has 0 saturated heterocycles. The smallest absolute Gasteiger partial charge is 0.339 e. The van der Waals surface area contributed by atoms with E-state index in [-0.39, 0.29) is 35.7 Å². The summed E-state index contributed by atoms with van der Waals surface area (Å²) in [6.07, 6.45) is 0.0838. The summed E-state index contributed by atoms with van der Waals surface area (Å²) in [6.45, 7) is -0.000445. The Balaban J connectivity index is 2.91. The summed E-state index contributed by atoms with van der Waals surface area (Å²) in [6, 6.07) is 3.16. The van der Waals surface area contributed by atoms with Crippen molar-refractivity contribution < 1.29 is 33.0 Å². The number of carboxylic acids is 2. The SMILES string of the molecule is O=C(O)CCCOc1ccc(S(=O)(=O)Cl)cc1C(=O)O. The van der Waals surface area contributed by atoms with E-state index in [9.17, 15) is 18.0 Å². The Morgan fingerprint density at radius 1 is 1.25 bits per heavy atom. The van der Waals surface area contributed by atoms with Crippen LogP contribution in [0.5, 0.6) is 5.75 Å². The van der Waals surface area contributed by atoms with Gasteiger partial charge in [-0.25, -0.2) is 13.2 Å². The minimum absolute atomic E-state index is 0.000445. The monoisotopic (exact) mass is 322 g/mol. The maximum atomic E-state index is 11.1. The highest BCUT2D eigenvalue weighted by Gasteiger charge is 2.17. The average molecular weight is 323 g/mol. The van der Waals surface area contributed by atoms with Crippen molar-refractivity contribution in [1.82, 2.24) is 0 Å². The maximum Gasteiger partial charge on any atom is 0.339 e. The van der Waals surface area contributed by atoms with Crippen LogP contribution in [0.2, 0.25) is 0 Å². The molecule has 0 bridgehead atoms. The standard InChI is InChI=1S/C11H11ClO7S/c12-20(17,18)7-3-4-9(8(6-7)11(15)16)19-5-1-2-10(13)14/h3-4,6H,1-2,5H2,(H,13,14)(H,15,16). The van der Waals surface area contributed by atoms with E-state index in [1.807, 2.05) is 0 Å². The number of hydrogen-bond acceptors (Lipinski definition) is 5. The summed E-state index contributed by atoms with van der Waals surface area (Å²) < 4.78 is 27.4. The van der Waals surface area contributed by atoms with Gasteiger partial charge in [-0.3, -0.25) is 4.79 Å². The van der Waals surface area contributed by atoms with Gasteiger partial charge >= 0.3 is 11.9 Å². The molecule has 7 nitrogen and oxygen atoms in total. The second-order valence-electron chi connectivity index (χ2n) is 3.75. The largest absolute Gasteiger partial charge is 0.493 e. The normalized spacial score (nSPS) is 11.1. The highest BCUT2D eigenvalue weighted by Crippen LogP contribution is 2.25. The molecule has 0 unspecified atom stereocenters. The molecule has 0 heterocycles. The zero-order valence-corrected chi connectivity index (χ0v) is 11.6. The number of halogens is 1. The fourth-order valence-corrected chi connectivity index (χ4v) is 2.14. The first kappa shape index (κ1) is 16.3. The zero-order valence-electron chi connectivity index (χ0n) is 10.1. The van der Waals surface area contributed by atoms with Crippen LogP contribution in [0, 0.1) is 0 Å². The minimum atomic E-state index is -4.04. The van der Waals surface area contributed by atoms with Gasteiger partial charge < -0.3 is 14.9 Å². The number of rotatable bonds is 7. The minimum Gasteiger partial charge on any atom is -0.493 e.